The molecule has 0 aliphatic rings. The van der Waals surface area contributed by atoms with Crippen molar-refractivity contribution in [3.63, 3.8) is 0 Å². The van der Waals surface area contributed by atoms with Crippen LogP contribution in [0.25, 0.3) is 0 Å². The Hall–Kier alpha value is -0.260. The second kappa shape index (κ2) is 6.28. The molecule has 0 amide bonds. The van der Waals surface area contributed by atoms with E-state index >= 15 is 0 Å². The number of hydrogen-bond donors (Lipinski definition) is 0. The molecular weight excluding hydrogens is 144 g/mol. The van der Waals surface area contributed by atoms with Crippen molar-refractivity contribution >= 4 is 0 Å². The maximum atomic E-state index is 2.38. The lowest BCUT2D eigenvalue weighted by Gasteiger charge is -2.05. The average Bonchev–Trinajstić information content (AvgIpc) is 1.84. The van der Waals surface area contributed by atoms with Crippen LogP contribution in [0.4, 0.5) is 0 Å². The van der Waals surface area contributed by atoms with Gasteiger partial charge in [-0.05, 0) is 31.6 Å². The summed E-state index contributed by atoms with van der Waals surface area (Å²) in [5.74, 6) is 1.57. The highest BCUT2D eigenvalue weighted by Gasteiger charge is 1.95. The first kappa shape index (κ1) is 11.7. The van der Waals surface area contributed by atoms with Crippen molar-refractivity contribution in [2.45, 2.75) is 53.9 Å². The Balaban J connectivity index is 3.50. The van der Waals surface area contributed by atoms with E-state index in [2.05, 4.69) is 40.7 Å². The fraction of sp³-hybridized carbons (Fsp3) is 0.833. The molecule has 0 aliphatic heterocycles. The van der Waals surface area contributed by atoms with Crippen molar-refractivity contribution in [2.75, 3.05) is 0 Å². The van der Waals surface area contributed by atoms with E-state index in [1.807, 2.05) is 0 Å². The van der Waals surface area contributed by atoms with Gasteiger partial charge in [0.05, 0.1) is 0 Å². The number of rotatable bonds is 5. The maximum Gasteiger partial charge on any atom is -0.0288 e. The Morgan fingerprint density at radius 3 is 2.17 bits per heavy atom. The highest BCUT2D eigenvalue weighted by Crippen LogP contribution is 2.13. The van der Waals surface area contributed by atoms with Crippen molar-refractivity contribution < 1.29 is 0 Å². The van der Waals surface area contributed by atoms with Gasteiger partial charge in [0.15, 0.2) is 0 Å². The lowest BCUT2D eigenvalue weighted by atomic mass is 10.0. The van der Waals surface area contributed by atoms with E-state index in [1.165, 1.54) is 19.3 Å². The van der Waals surface area contributed by atoms with Gasteiger partial charge < -0.3 is 0 Å². The first-order valence-electron chi connectivity index (χ1n) is 5.19. The first-order chi connectivity index (χ1) is 5.52. The zero-order valence-corrected chi connectivity index (χ0v) is 9.35. The van der Waals surface area contributed by atoms with Crippen molar-refractivity contribution in [3.05, 3.63) is 11.6 Å². The molecule has 0 bridgehead atoms. The minimum Gasteiger partial charge on any atom is -0.0830 e. The first-order valence-corrected chi connectivity index (χ1v) is 5.19. The van der Waals surface area contributed by atoms with Gasteiger partial charge in [0, 0.05) is 0 Å². The van der Waals surface area contributed by atoms with Gasteiger partial charge in [-0.2, -0.15) is 0 Å². The summed E-state index contributed by atoms with van der Waals surface area (Å²) in [6.45, 7) is 11.3. The third-order valence-corrected chi connectivity index (χ3v) is 1.97. The third kappa shape index (κ3) is 7.84. The lowest BCUT2D eigenvalue weighted by Crippen LogP contribution is -1.89. The zero-order chi connectivity index (χ0) is 9.56. The predicted octanol–water partition coefficient (Wildman–Crippen LogP) is 4.42. The lowest BCUT2D eigenvalue weighted by molar-refractivity contribution is 0.553. The van der Waals surface area contributed by atoms with Gasteiger partial charge in [-0.3, -0.25) is 0 Å². The van der Waals surface area contributed by atoms with Crippen LogP contribution in [0.15, 0.2) is 11.6 Å². The van der Waals surface area contributed by atoms with Gasteiger partial charge in [-0.25, -0.2) is 0 Å². The Morgan fingerprint density at radius 2 is 1.75 bits per heavy atom. The molecule has 0 rings (SSSR count). The number of allylic oxidation sites excluding steroid dienone is 2. The van der Waals surface area contributed by atoms with Crippen molar-refractivity contribution in [2.24, 2.45) is 11.8 Å². The van der Waals surface area contributed by atoms with E-state index in [1.54, 1.807) is 5.57 Å². The highest BCUT2D eigenvalue weighted by atomic mass is 14.0. The van der Waals surface area contributed by atoms with Crippen molar-refractivity contribution in [3.8, 4) is 0 Å². The van der Waals surface area contributed by atoms with Crippen LogP contribution in [0.2, 0.25) is 0 Å². The van der Waals surface area contributed by atoms with E-state index in [0.717, 1.165) is 5.92 Å². The van der Waals surface area contributed by atoms with Gasteiger partial charge in [0.2, 0.25) is 0 Å². The monoisotopic (exact) mass is 168 g/mol. The molecule has 0 heterocycles. The molecule has 0 heteroatoms. The van der Waals surface area contributed by atoms with Gasteiger partial charge >= 0.3 is 0 Å². The Kier molecular flexibility index (Phi) is 6.14. The van der Waals surface area contributed by atoms with E-state index in [4.69, 9.17) is 0 Å². The molecule has 0 N–H and O–H groups in total. The molecule has 0 saturated carbocycles. The molecule has 0 nitrogen and oxygen atoms in total. The van der Waals surface area contributed by atoms with Crippen LogP contribution < -0.4 is 0 Å². The minimum absolute atomic E-state index is 0.712. The minimum atomic E-state index is 0.712. The molecule has 0 saturated heterocycles. The van der Waals surface area contributed by atoms with Crippen LogP contribution in [0.3, 0.4) is 0 Å². The quantitative estimate of drug-likeness (QED) is 0.533. The summed E-state index contributed by atoms with van der Waals surface area (Å²) < 4.78 is 0. The van der Waals surface area contributed by atoms with Crippen LogP contribution >= 0.6 is 0 Å². The molecule has 12 heavy (non-hydrogen) atoms. The molecule has 0 aromatic heterocycles. The van der Waals surface area contributed by atoms with Gasteiger partial charge in [-0.1, -0.05) is 45.8 Å². The summed E-state index contributed by atoms with van der Waals surface area (Å²) in [7, 11) is 0. The van der Waals surface area contributed by atoms with Gasteiger partial charge in [0.25, 0.3) is 0 Å². The highest BCUT2D eigenvalue weighted by molar-refractivity contribution is 4.99. The molecule has 0 radical (unpaired) electrons. The molecular formula is C12H24. The SMILES string of the molecule is C/C(=C/C(C)C)CCCC(C)C. The molecule has 0 aromatic rings. The largest absolute Gasteiger partial charge is 0.0830 e. The topological polar surface area (TPSA) is 0 Å². The summed E-state index contributed by atoms with van der Waals surface area (Å²) in [5.41, 5.74) is 1.56. The van der Waals surface area contributed by atoms with E-state index in [9.17, 15) is 0 Å². The molecule has 0 fully saturated rings. The maximum absolute atomic E-state index is 2.38. The Labute approximate surface area is 78.1 Å². The summed E-state index contributed by atoms with van der Waals surface area (Å²) in [6.07, 6.45) is 6.38. The van der Waals surface area contributed by atoms with Crippen LogP contribution in [0.1, 0.15) is 53.9 Å². The molecule has 0 aromatic carbocycles. The summed E-state index contributed by atoms with van der Waals surface area (Å²) in [5, 5.41) is 0. The molecule has 0 aliphatic carbocycles. The molecule has 0 unspecified atom stereocenters. The summed E-state index contributed by atoms with van der Waals surface area (Å²) in [6, 6.07) is 0. The fourth-order valence-electron chi connectivity index (χ4n) is 1.44. The standard InChI is InChI=1S/C12H24/c1-10(2)7-6-8-12(5)9-11(3)4/h9-11H,6-8H2,1-5H3/b12-9-. The molecule has 0 spiro atoms. The smallest absolute Gasteiger partial charge is 0.0288 e. The Morgan fingerprint density at radius 1 is 1.17 bits per heavy atom. The second-order valence-electron chi connectivity index (χ2n) is 4.54. The fourth-order valence-corrected chi connectivity index (χ4v) is 1.44. The normalized spacial score (nSPS) is 13.1. The summed E-state index contributed by atoms with van der Waals surface area (Å²) in [4.78, 5) is 0. The van der Waals surface area contributed by atoms with Crippen LogP contribution in [-0.4, -0.2) is 0 Å². The van der Waals surface area contributed by atoms with Crippen molar-refractivity contribution in [1.29, 1.82) is 0 Å². The average molecular weight is 168 g/mol. The molecule has 0 atom stereocenters. The predicted molar refractivity (Wildman–Crippen MR) is 57.3 cm³/mol. The van der Waals surface area contributed by atoms with Crippen LogP contribution in [0, 0.1) is 11.8 Å². The van der Waals surface area contributed by atoms with Gasteiger partial charge in [0.1, 0.15) is 0 Å². The van der Waals surface area contributed by atoms with Crippen LogP contribution in [0.5, 0.6) is 0 Å². The second-order valence-corrected chi connectivity index (χ2v) is 4.54. The zero-order valence-electron chi connectivity index (χ0n) is 9.35. The summed E-state index contributed by atoms with van der Waals surface area (Å²) >= 11 is 0. The Bertz CT molecular complexity index is 129. The third-order valence-electron chi connectivity index (χ3n) is 1.97. The van der Waals surface area contributed by atoms with Crippen molar-refractivity contribution in [1.82, 2.24) is 0 Å². The number of hydrogen-bond acceptors (Lipinski definition) is 0. The van der Waals surface area contributed by atoms with Gasteiger partial charge in [-0.15, -0.1) is 0 Å². The van der Waals surface area contributed by atoms with E-state index < -0.39 is 0 Å². The van der Waals surface area contributed by atoms with E-state index in [0.29, 0.717) is 5.92 Å². The molecule has 72 valence electrons. The van der Waals surface area contributed by atoms with Crippen LogP contribution in [-0.2, 0) is 0 Å². The van der Waals surface area contributed by atoms with E-state index in [-0.39, 0.29) is 0 Å².